The molecule has 2 aromatic rings. The fourth-order valence-corrected chi connectivity index (χ4v) is 4.43. The van der Waals surface area contributed by atoms with Crippen LogP contribution < -0.4 is 9.04 Å². The van der Waals surface area contributed by atoms with Gasteiger partial charge in [-0.25, -0.2) is 12.8 Å². The maximum absolute atomic E-state index is 14.1. The van der Waals surface area contributed by atoms with Crippen LogP contribution in [0.15, 0.2) is 40.9 Å². The largest absolute Gasteiger partial charge is 0.497 e. The number of fused-ring (bicyclic) bond motifs is 1. The molecule has 1 aliphatic heterocycles. The minimum Gasteiger partial charge on any atom is -0.497 e. The van der Waals surface area contributed by atoms with Crippen molar-refractivity contribution in [2.75, 3.05) is 11.4 Å². The molecule has 1 aliphatic rings. The molecule has 0 bridgehead atoms. The van der Waals surface area contributed by atoms with Gasteiger partial charge in [0.2, 0.25) is 10.0 Å². The molecule has 22 heavy (non-hydrogen) atoms. The smallest absolute Gasteiger partial charge is 0.239 e. The Morgan fingerprint density at radius 2 is 1.91 bits per heavy atom. The zero-order valence-corrected chi connectivity index (χ0v) is 14.1. The molecule has 0 aliphatic carbocycles. The average molecular weight is 386 g/mol. The van der Waals surface area contributed by atoms with Gasteiger partial charge in [-0.15, -0.1) is 0 Å². The van der Waals surface area contributed by atoms with Gasteiger partial charge in [0.15, 0.2) is 0 Å². The number of nitrogens with zero attached hydrogens (tertiary/aromatic N) is 1. The normalized spacial score (nSPS) is 15.7. The molecular weight excluding hydrogens is 373 g/mol. The lowest BCUT2D eigenvalue weighted by Gasteiger charge is -2.18. The van der Waals surface area contributed by atoms with Crippen molar-refractivity contribution in [2.24, 2.45) is 0 Å². The van der Waals surface area contributed by atoms with Gasteiger partial charge in [-0.2, -0.15) is 0 Å². The van der Waals surface area contributed by atoms with Crippen LogP contribution in [0.5, 0.6) is 5.75 Å². The van der Waals surface area contributed by atoms with Crippen LogP contribution in [0.3, 0.4) is 0 Å². The lowest BCUT2D eigenvalue weighted by atomic mass is 10.1. The second-order valence-electron chi connectivity index (χ2n) is 4.97. The Morgan fingerprint density at radius 3 is 2.55 bits per heavy atom. The van der Waals surface area contributed by atoms with E-state index in [0.717, 1.165) is 5.56 Å². The Balaban J connectivity index is 1.98. The highest BCUT2D eigenvalue weighted by atomic mass is 79.9. The van der Waals surface area contributed by atoms with Crippen molar-refractivity contribution in [3.63, 3.8) is 0 Å². The molecule has 0 amide bonds. The predicted molar refractivity (Wildman–Crippen MR) is 85.9 cm³/mol. The zero-order valence-electron chi connectivity index (χ0n) is 11.7. The van der Waals surface area contributed by atoms with Crippen molar-refractivity contribution in [1.29, 1.82) is 0 Å². The van der Waals surface area contributed by atoms with E-state index in [2.05, 4.69) is 15.9 Å². The van der Waals surface area contributed by atoms with Crippen molar-refractivity contribution in [3.05, 3.63) is 57.8 Å². The van der Waals surface area contributed by atoms with Crippen molar-refractivity contribution in [1.82, 2.24) is 0 Å². The molecule has 0 radical (unpaired) electrons. The topological polar surface area (TPSA) is 46.6 Å². The van der Waals surface area contributed by atoms with E-state index in [1.165, 1.54) is 10.4 Å². The summed E-state index contributed by atoms with van der Waals surface area (Å²) in [4.78, 5) is 0. The highest BCUT2D eigenvalue weighted by Crippen LogP contribution is 2.38. The molecule has 3 rings (SSSR count). The number of hydrogen-bond donors (Lipinski definition) is 0. The first kappa shape index (κ1) is 15.3. The van der Waals surface area contributed by atoms with E-state index in [1.54, 1.807) is 37.4 Å². The molecule has 1 heterocycles. The van der Waals surface area contributed by atoms with Gasteiger partial charge >= 0.3 is 0 Å². The Bertz CT molecular complexity index is 821. The summed E-state index contributed by atoms with van der Waals surface area (Å²) in [5, 5.41) is 0. The molecule has 0 aromatic heterocycles. The molecular formula is C15H13BrFNO3S. The van der Waals surface area contributed by atoms with Crippen LogP contribution in [0.2, 0.25) is 0 Å². The van der Waals surface area contributed by atoms with Gasteiger partial charge in [0.25, 0.3) is 0 Å². The van der Waals surface area contributed by atoms with Crippen LogP contribution >= 0.6 is 15.9 Å². The van der Waals surface area contributed by atoms with Crippen LogP contribution in [-0.2, 0) is 22.3 Å². The number of methoxy groups -OCH3 is 1. The molecule has 7 heteroatoms. The number of ether oxygens (including phenoxy) is 1. The Morgan fingerprint density at radius 1 is 1.23 bits per heavy atom. The molecule has 0 spiro atoms. The number of halogens is 2. The molecule has 0 atom stereocenters. The van der Waals surface area contributed by atoms with Crippen molar-refractivity contribution >= 4 is 31.6 Å². The Kier molecular flexibility index (Phi) is 3.86. The van der Waals surface area contributed by atoms with Gasteiger partial charge in [0.1, 0.15) is 11.6 Å². The lowest BCUT2D eigenvalue weighted by Crippen LogP contribution is -2.26. The van der Waals surface area contributed by atoms with Gasteiger partial charge < -0.3 is 4.74 Å². The van der Waals surface area contributed by atoms with E-state index in [9.17, 15) is 12.8 Å². The van der Waals surface area contributed by atoms with Gasteiger partial charge in [-0.05, 0) is 45.8 Å². The summed E-state index contributed by atoms with van der Waals surface area (Å²) in [6.07, 6.45) is 0. The molecule has 0 fully saturated rings. The third-order valence-corrected chi connectivity index (χ3v) is 5.85. The number of hydrogen-bond acceptors (Lipinski definition) is 3. The van der Waals surface area contributed by atoms with Crippen molar-refractivity contribution < 1.29 is 17.5 Å². The first-order chi connectivity index (χ1) is 10.4. The monoisotopic (exact) mass is 385 g/mol. The van der Waals surface area contributed by atoms with Crippen molar-refractivity contribution in [3.8, 4) is 5.75 Å². The standard InChI is InChI=1S/C15H13BrFNO3S/c1-21-11-4-2-10(3-5-11)8-18-14-7-6-13(16)15(17)12(14)9-22(18,19)20/h2-7H,8-9H2,1H3. The van der Waals surface area contributed by atoms with Gasteiger partial charge in [-0.1, -0.05) is 12.1 Å². The quantitative estimate of drug-likeness (QED) is 0.812. The lowest BCUT2D eigenvalue weighted by molar-refractivity contribution is 0.414. The SMILES string of the molecule is COc1ccc(CN2c3ccc(Br)c(F)c3CS2(=O)=O)cc1. The third-order valence-electron chi connectivity index (χ3n) is 3.59. The molecule has 0 unspecified atom stereocenters. The maximum atomic E-state index is 14.1. The van der Waals surface area contributed by atoms with Crippen LogP contribution in [0.1, 0.15) is 11.1 Å². The molecule has 116 valence electrons. The minimum atomic E-state index is -3.56. The molecule has 0 N–H and O–H groups in total. The second kappa shape index (κ2) is 5.55. The molecule has 0 saturated carbocycles. The summed E-state index contributed by atoms with van der Waals surface area (Å²) in [6, 6.07) is 10.3. The average Bonchev–Trinajstić information content (AvgIpc) is 2.76. The molecule has 4 nitrogen and oxygen atoms in total. The Labute approximate surface area is 136 Å². The van der Waals surface area contributed by atoms with Crippen molar-refractivity contribution in [2.45, 2.75) is 12.3 Å². The zero-order chi connectivity index (χ0) is 15.9. The van der Waals surface area contributed by atoms with Gasteiger partial charge in [-0.3, -0.25) is 4.31 Å². The van der Waals surface area contributed by atoms with E-state index in [4.69, 9.17) is 4.74 Å². The first-order valence-electron chi connectivity index (χ1n) is 6.52. The fourth-order valence-electron chi connectivity index (χ4n) is 2.44. The van der Waals surface area contributed by atoms with Crippen LogP contribution in [-0.4, -0.2) is 15.5 Å². The van der Waals surface area contributed by atoms with E-state index < -0.39 is 15.8 Å². The van der Waals surface area contributed by atoms with Crippen LogP contribution in [0.25, 0.3) is 0 Å². The summed E-state index contributed by atoms with van der Waals surface area (Å²) in [7, 11) is -1.99. The van der Waals surface area contributed by atoms with Gasteiger partial charge in [0, 0.05) is 5.56 Å². The summed E-state index contributed by atoms with van der Waals surface area (Å²) in [5.74, 6) is -0.134. The maximum Gasteiger partial charge on any atom is 0.239 e. The number of anilines is 1. The summed E-state index contributed by atoms with van der Waals surface area (Å²) in [6.45, 7) is 0.167. The fraction of sp³-hybridized carbons (Fsp3) is 0.200. The van der Waals surface area contributed by atoms with E-state index in [1.807, 2.05) is 0 Å². The predicted octanol–water partition coefficient (Wildman–Crippen LogP) is 3.45. The molecule has 0 saturated heterocycles. The van der Waals surface area contributed by atoms with Crippen LogP contribution in [0.4, 0.5) is 10.1 Å². The highest BCUT2D eigenvalue weighted by molar-refractivity contribution is 9.10. The third kappa shape index (κ3) is 2.59. The summed E-state index contributed by atoms with van der Waals surface area (Å²) < 4.78 is 45.4. The summed E-state index contributed by atoms with van der Waals surface area (Å²) in [5.41, 5.74) is 1.42. The van der Waals surface area contributed by atoms with E-state index in [0.29, 0.717) is 11.4 Å². The number of sulfonamides is 1. The van der Waals surface area contributed by atoms with Gasteiger partial charge in [0.05, 0.1) is 29.6 Å². The van der Waals surface area contributed by atoms with E-state index in [-0.39, 0.29) is 22.3 Å². The second-order valence-corrected chi connectivity index (χ2v) is 7.72. The number of rotatable bonds is 3. The number of benzene rings is 2. The molecule has 2 aromatic carbocycles. The van der Waals surface area contributed by atoms with Crippen LogP contribution in [0, 0.1) is 5.82 Å². The first-order valence-corrected chi connectivity index (χ1v) is 8.93. The summed E-state index contributed by atoms with van der Waals surface area (Å²) >= 11 is 3.09. The Hall–Kier alpha value is -1.60. The highest BCUT2D eigenvalue weighted by Gasteiger charge is 2.35. The minimum absolute atomic E-state index is 0.167. The van der Waals surface area contributed by atoms with E-state index >= 15 is 0 Å².